The van der Waals surface area contributed by atoms with Gasteiger partial charge in [-0.3, -0.25) is 19.2 Å². The van der Waals surface area contributed by atoms with Crippen molar-refractivity contribution in [2.45, 2.75) is 57.8 Å². The zero-order chi connectivity index (χ0) is 26.4. The fourth-order valence-electron chi connectivity index (χ4n) is 5.45. The van der Waals surface area contributed by atoms with Gasteiger partial charge in [-0.1, -0.05) is 56.7 Å². The van der Waals surface area contributed by atoms with Crippen molar-refractivity contribution in [3.05, 3.63) is 70.9 Å². The van der Waals surface area contributed by atoms with E-state index in [0.29, 0.717) is 18.4 Å². The van der Waals surface area contributed by atoms with Crippen molar-refractivity contribution in [3.63, 3.8) is 0 Å². The summed E-state index contributed by atoms with van der Waals surface area (Å²) in [5.41, 5.74) is 4.21. The Balaban J connectivity index is 1.53. The first-order valence-corrected chi connectivity index (χ1v) is 12.6. The molecule has 3 heterocycles. The van der Waals surface area contributed by atoms with Gasteiger partial charge in [0.25, 0.3) is 5.91 Å². The van der Waals surface area contributed by atoms with E-state index < -0.39 is 42.0 Å². The van der Waals surface area contributed by atoms with E-state index in [4.69, 9.17) is 0 Å². The average Bonchev–Trinajstić information content (AvgIpc) is 3.41. The van der Waals surface area contributed by atoms with Crippen LogP contribution in [0.25, 0.3) is 10.9 Å². The Morgan fingerprint density at radius 1 is 1.08 bits per heavy atom. The van der Waals surface area contributed by atoms with Crippen molar-refractivity contribution in [2.24, 2.45) is 5.92 Å². The molecule has 0 saturated heterocycles. The van der Waals surface area contributed by atoms with E-state index >= 15 is 0 Å². The smallest absolute Gasteiger partial charge is 0.325 e. The molecule has 0 fully saturated rings. The Hall–Kier alpha value is -4.14. The summed E-state index contributed by atoms with van der Waals surface area (Å²) in [5, 5.41) is 15.6. The second kappa shape index (κ2) is 9.38. The van der Waals surface area contributed by atoms with E-state index in [9.17, 15) is 24.3 Å². The zero-order valence-electron chi connectivity index (χ0n) is 20.9. The SMILES string of the molecule is CCC(C)[C@H](NC(=O)[C@@H]1Cc2c([nH]c3ccccc23)C2c3ccccc3C(=O)N21)C(=O)N[C@H](C)C(=O)O. The summed E-state index contributed by atoms with van der Waals surface area (Å²) >= 11 is 0. The number of fused-ring (bicyclic) bond motifs is 7. The number of nitrogens with one attached hydrogen (secondary N) is 3. The number of carbonyl (C=O) groups is 4. The number of para-hydroxylation sites is 1. The molecule has 37 heavy (non-hydrogen) atoms. The van der Waals surface area contributed by atoms with Crippen LogP contribution in [0.4, 0.5) is 0 Å². The number of aromatic nitrogens is 1. The molecule has 4 N–H and O–H groups in total. The van der Waals surface area contributed by atoms with Crippen molar-refractivity contribution in [3.8, 4) is 0 Å². The van der Waals surface area contributed by atoms with E-state index in [0.717, 1.165) is 27.7 Å². The lowest BCUT2D eigenvalue weighted by Crippen LogP contribution is -2.59. The van der Waals surface area contributed by atoms with Crippen molar-refractivity contribution in [2.75, 3.05) is 0 Å². The summed E-state index contributed by atoms with van der Waals surface area (Å²) in [4.78, 5) is 56.8. The molecular weight excluding hydrogens is 472 g/mol. The van der Waals surface area contributed by atoms with Gasteiger partial charge in [-0.2, -0.15) is 0 Å². The number of benzene rings is 2. The molecular formula is C28H30N4O5. The van der Waals surface area contributed by atoms with Crippen molar-refractivity contribution in [1.29, 1.82) is 0 Å². The highest BCUT2D eigenvalue weighted by Crippen LogP contribution is 2.46. The van der Waals surface area contributed by atoms with Gasteiger partial charge >= 0.3 is 5.97 Å². The molecule has 0 bridgehead atoms. The maximum atomic E-state index is 13.8. The largest absolute Gasteiger partial charge is 0.480 e. The Kier molecular flexibility index (Phi) is 6.23. The van der Waals surface area contributed by atoms with Crippen LogP contribution in [0.5, 0.6) is 0 Å². The molecule has 5 rings (SSSR count). The van der Waals surface area contributed by atoms with Crippen LogP contribution in [0, 0.1) is 5.92 Å². The standard InChI is InChI=1S/C28H30N4O5/c1-4-14(2)22(26(34)29-15(3)28(36)37)31-25(33)21-13-19-16-9-7-8-12-20(16)30-23(19)24-17-10-5-6-11-18(17)27(35)32(21)24/h5-12,14-15,21-22,24,30H,4,13H2,1-3H3,(H,29,34)(H,31,33)(H,36,37)/t14?,15-,21+,22+,24?/m1/s1. The summed E-state index contributed by atoms with van der Waals surface area (Å²) in [6.07, 6.45) is 0.884. The van der Waals surface area contributed by atoms with Crippen molar-refractivity contribution < 1.29 is 24.3 Å². The Bertz CT molecular complexity index is 1410. The van der Waals surface area contributed by atoms with Crippen LogP contribution in [0.15, 0.2) is 48.5 Å². The number of carboxylic acids is 1. The molecule has 5 atom stereocenters. The fourth-order valence-corrected chi connectivity index (χ4v) is 5.45. The number of carboxylic acid groups (broad SMARTS) is 1. The molecule has 9 heteroatoms. The minimum atomic E-state index is -1.16. The molecule has 2 unspecified atom stereocenters. The van der Waals surface area contributed by atoms with Gasteiger partial charge < -0.3 is 25.6 Å². The number of hydrogen-bond donors (Lipinski definition) is 4. The first-order chi connectivity index (χ1) is 17.7. The summed E-state index contributed by atoms with van der Waals surface area (Å²) in [7, 11) is 0. The van der Waals surface area contributed by atoms with Gasteiger partial charge in [0.15, 0.2) is 0 Å². The summed E-state index contributed by atoms with van der Waals surface area (Å²) in [6.45, 7) is 5.10. The Morgan fingerprint density at radius 2 is 1.78 bits per heavy atom. The molecule has 2 aromatic carbocycles. The van der Waals surface area contributed by atoms with Crippen LogP contribution in [-0.2, 0) is 20.8 Å². The van der Waals surface area contributed by atoms with E-state index in [-0.39, 0.29) is 11.8 Å². The summed E-state index contributed by atoms with van der Waals surface area (Å²) in [6, 6.07) is 11.9. The predicted molar refractivity (Wildman–Crippen MR) is 137 cm³/mol. The summed E-state index contributed by atoms with van der Waals surface area (Å²) in [5.74, 6) is -2.64. The predicted octanol–water partition coefficient (Wildman–Crippen LogP) is 2.76. The van der Waals surface area contributed by atoms with Gasteiger partial charge in [-0.05, 0) is 36.1 Å². The van der Waals surface area contributed by atoms with Gasteiger partial charge in [0, 0.05) is 28.6 Å². The highest BCUT2D eigenvalue weighted by Gasteiger charge is 2.49. The summed E-state index contributed by atoms with van der Waals surface area (Å²) < 4.78 is 0. The first kappa shape index (κ1) is 24.5. The maximum Gasteiger partial charge on any atom is 0.325 e. The van der Waals surface area contributed by atoms with Gasteiger partial charge in [-0.25, -0.2) is 0 Å². The van der Waals surface area contributed by atoms with Crippen LogP contribution < -0.4 is 10.6 Å². The number of rotatable bonds is 7. The fraction of sp³-hybridized carbons (Fsp3) is 0.357. The topological polar surface area (TPSA) is 132 Å². The van der Waals surface area contributed by atoms with Crippen LogP contribution in [0.2, 0.25) is 0 Å². The highest BCUT2D eigenvalue weighted by molar-refractivity contribution is 6.04. The van der Waals surface area contributed by atoms with E-state index in [1.807, 2.05) is 56.3 Å². The Labute approximate surface area is 214 Å². The zero-order valence-corrected chi connectivity index (χ0v) is 20.9. The van der Waals surface area contributed by atoms with E-state index in [2.05, 4.69) is 15.6 Å². The third kappa shape index (κ3) is 4.04. The molecule has 192 valence electrons. The monoisotopic (exact) mass is 502 g/mol. The first-order valence-electron chi connectivity index (χ1n) is 12.6. The molecule has 2 aliphatic rings. The molecule has 0 aliphatic carbocycles. The van der Waals surface area contributed by atoms with Gasteiger partial charge in [0.1, 0.15) is 18.1 Å². The van der Waals surface area contributed by atoms with Crippen LogP contribution in [0.1, 0.15) is 60.4 Å². The van der Waals surface area contributed by atoms with Crippen molar-refractivity contribution in [1.82, 2.24) is 20.5 Å². The van der Waals surface area contributed by atoms with E-state index in [1.54, 1.807) is 11.0 Å². The van der Waals surface area contributed by atoms with E-state index in [1.165, 1.54) is 6.92 Å². The molecule has 0 spiro atoms. The number of aliphatic carboxylic acids is 1. The number of aromatic amines is 1. The average molecular weight is 503 g/mol. The molecule has 9 nitrogen and oxygen atoms in total. The quantitative estimate of drug-likeness (QED) is 0.395. The van der Waals surface area contributed by atoms with Gasteiger partial charge in [0.05, 0.1) is 6.04 Å². The molecule has 3 amide bonds. The third-order valence-corrected chi connectivity index (χ3v) is 7.68. The van der Waals surface area contributed by atoms with Crippen LogP contribution in [0.3, 0.4) is 0 Å². The number of carbonyl (C=O) groups excluding carboxylic acids is 3. The normalized spacial score (nSPS) is 20.4. The van der Waals surface area contributed by atoms with Gasteiger partial charge in [0.2, 0.25) is 11.8 Å². The molecule has 1 aromatic heterocycles. The number of amides is 3. The number of hydrogen-bond acceptors (Lipinski definition) is 4. The third-order valence-electron chi connectivity index (χ3n) is 7.68. The lowest BCUT2D eigenvalue weighted by atomic mass is 9.89. The second-order valence-electron chi connectivity index (χ2n) is 9.93. The van der Waals surface area contributed by atoms with Crippen LogP contribution >= 0.6 is 0 Å². The van der Waals surface area contributed by atoms with Gasteiger partial charge in [-0.15, -0.1) is 0 Å². The number of H-pyrrole nitrogens is 1. The molecule has 0 saturated carbocycles. The Morgan fingerprint density at radius 3 is 2.51 bits per heavy atom. The van der Waals surface area contributed by atoms with Crippen molar-refractivity contribution >= 4 is 34.6 Å². The minimum absolute atomic E-state index is 0.228. The number of nitrogens with zero attached hydrogens (tertiary/aromatic N) is 1. The molecule has 2 aliphatic heterocycles. The lowest BCUT2D eigenvalue weighted by molar-refractivity contribution is -0.142. The second-order valence-corrected chi connectivity index (χ2v) is 9.93. The minimum Gasteiger partial charge on any atom is -0.480 e. The highest BCUT2D eigenvalue weighted by atomic mass is 16.4. The molecule has 0 radical (unpaired) electrons. The molecule has 3 aromatic rings. The lowest BCUT2D eigenvalue weighted by Gasteiger charge is -2.38. The van der Waals surface area contributed by atoms with Crippen LogP contribution in [-0.4, -0.2) is 56.8 Å². The maximum absolute atomic E-state index is 13.8.